The van der Waals surface area contributed by atoms with Gasteiger partial charge < -0.3 is 19.9 Å². The van der Waals surface area contributed by atoms with E-state index in [1.165, 1.54) is 0 Å². The number of hydrogen-bond donors (Lipinski definition) is 2. The molecule has 0 unspecified atom stereocenters. The number of aliphatic hydroxyl groups is 1. The van der Waals surface area contributed by atoms with Crippen LogP contribution in [0.4, 0.5) is 10.5 Å². The Morgan fingerprint density at radius 3 is 2.43 bits per heavy atom. The molecule has 0 atom stereocenters. The molecule has 0 spiro atoms. The SMILES string of the molecule is C=C/C=C\C(=C/C)COc1ccc(NC(=O)CN(CCO)C(=O)OC(C)(C)C)cc1. The quantitative estimate of drug-likeness (QED) is 0.565. The maximum Gasteiger partial charge on any atom is 0.410 e. The monoisotopic (exact) mass is 416 g/mol. The van der Waals surface area contributed by atoms with Gasteiger partial charge in [-0.3, -0.25) is 9.69 Å². The lowest BCUT2D eigenvalue weighted by Crippen LogP contribution is -2.42. The lowest BCUT2D eigenvalue weighted by Gasteiger charge is -2.26. The Morgan fingerprint density at radius 2 is 1.90 bits per heavy atom. The number of carbonyl (C=O) groups excluding carboxylic acids is 2. The van der Waals surface area contributed by atoms with Crippen molar-refractivity contribution in [3.63, 3.8) is 0 Å². The first kappa shape index (κ1) is 25.0. The lowest BCUT2D eigenvalue weighted by molar-refractivity contribution is -0.117. The Hall–Kier alpha value is -3.06. The number of anilines is 1. The number of nitrogens with zero attached hydrogens (tertiary/aromatic N) is 1. The average molecular weight is 417 g/mol. The Labute approximate surface area is 178 Å². The van der Waals surface area contributed by atoms with Crippen molar-refractivity contribution in [1.82, 2.24) is 4.90 Å². The van der Waals surface area contributed by atoms with Crippen LogP contribution < -0.4 is 10.1 Å². The molecule has 164 valence electrons. The van der Waals surface area contributed by atoms with Gasteiger partial charge in [0.1, 0.15) is 24.5 Å². The van der Waals surface area contributed by atoms with E-state index in [-0.39, 0.29) is 19.7 Å². The molecule has 0 saturated carbocycles. The molecule has 30 heavy (non-hydrogen) atoms. The fourth-order valence-corrected chi connectivity index (χ4v) is 2.28. The molecule has 2 N–H and O–H groups in total. The van der Waals surface area contributed by atoms with Crippen molar-refractivity contribution in [3.8, 4) is 5.75 Å². The van der Waals surface area contributed by atoms with Gasteiger partial charge >= 0.3 is 6.09 Å². The zero-order valence-electron chi connectivity index (χ0n) is 18.2. The van der Waals surface area contributed by atoms with Crippen molar-refractivity contribution in [3.05, 3.63) is 60.7 Å². The molecular formula is C23H32N2O5. The van der Waals surface area contributed by atoms with E-state index in [0.29, 0.717) is 18.0 Å². The van der Waals surface area contributed by atoms with Gasteiger partial charge in [-0.05, 0) is 57.5 Å². The van der Waals surface area contributed by atoms with Crippen molar-refractivity contribution < 1.29 is 24.2 Å². The highest BCUT2D eigenvalue weighted by molar-refractivity contribution is 5.93. The summed E-state index contributed by atoms with van der Waals surface area (Å²) < 4.78 is 11.0. The molecule has 7 heteroatoms. The van der Waals surface area contributed by atoms with E-state index in [2.05, 4.69) is 11.9 Å². The highest BCUT2D eigenvalue weighted by Gasteiger charge is 2.23. The molecule has 1 aromatic carbocycles. The van der Waals surface area contributed by atoms with Gasteiger partial charge in [0, 0.05) is 12.2 Å². The largest absolute Gasteiger partial charge is 0.489 e. The zero-order chi connectivity index (χ0) is 22.6. The Balaban J connectivity index is 2.63. The second kappa shape index (κ2) is 12.5. The molecule has 0 aliphatic rings. The van der Waals surface area contributed by atoms with Gasteiger partial charge in [-0.2, -0.15) is 0 Å². The third-order valence-corrected chi connectivity index (χ3v) is 3.72. The van der Waals surface area contributed by atoms with Crippen LogP contribution in [0.5, 0.6) is 5.75 Å². The lowest BCUT2D eigenvalue weighted by atomic mass is 10.2. The number of benzene rings is 1. The summed E-state index contributed by atoms with van der Waals surface area (Å²) in [6.45, 7) is 10.7. The minimum Gasteiger partial charge on any atom is -0.489 e. The van der Waals surface area contributed by atoms with E-state index in [1.54, 1.807) is 51.1 Å². The number of nitrogens with one attached hydrogen (secondary N) is 1. The number of aliphatic hydroxyl groups excluding tert-OH is 1. The number of allylic oxidation sites excluding steroid dienone is 3. The molecule has 0 fully saturated rings. The smallest absolute Gasteiger partial charge is 0.410 e. The topological polar surface area (TPSA) is 88.1 Å². The van der Waals surface area contributed by atoms with Gasteiger partial charge in [-0.25, -0.2) is 4.79 Å². The van der Waals surface area contributed by atoms with Crippen LogP contribution in [-0.2, 0) is 9.53 Å². The summed E-state index contributed by atoms with van der Waals surface area (Å²) in [7, 11) is 0. The van der Waals surface area contributed by atoms with Gasteiger partial charge in [0.2, 0.25) is 5.91 Å². The fraction of sp³-hybridized carbons (Fsp3) is 0.391. The number of amides is 2. The second-order valence-electron chi connectivity index (χ2n) is 7.45. The van der Waals surface area contributed by atoms with Gasteiger partial charge in [0.25, 0.3) is 0 Å². The van der Waals surface area contributed by atoms with Gasteiger partial charge in [-0.15, -0.1) is 0 Å². The Kier molecular flexibility index (Phi) is 10.4. The van der Waals surface area contributed by atoms with Crippen LogP contribution in [0.15, 0.2) is 60.7 Å². The maximum atomic E-state index is 12.3. The molecule has 0 radical (unpaired) electrons. The van der Waals surface area contributed by atoms with Crippen LogP contribution in [0, 0.1) is 0 Å². The predicted octanol–water partition coefficient (Wildman–Crippen LogP) is 3.92. The molecule has 0 bridgehead atoms. The van der Waals surface area contributed by atoms with E-state index >= 15 is 0 Å². The van der Waals surface area contributed by atoms with Crippen LogP contribution in [0.1, 0.15) is 27.7 Å². The van der Waals surface area contributed by atoms with Gasteiger partial charge in [0.15, 0.2) is 0 Å². The first-order chi connectivity index (χ1) is 14.2. The van der Waals surface area contributed by atoms with Crippen LogP contribution >= 0.6 is 0 Å². The summed E-state index contributed by atoms with van der Waals surface area (Å²) in [5.74, 6) is 0.267. The molecule has 0 aliphatic heterocycles. The van der Waals surface area contributed by atoms with Crippen LogP contribution in [0.3, 0.4) is 0 Å². The maximum absolute atomic E-state index is 12.3. The molecule has 7 nitrogen and oxygen atoms in total. The number of carbonyl (C=O) groups is 2. The molecular weight excluding hydrogens is 384 g/mol. The summed E-state index contributed by atoms with van der Waals surface area (Å²) in [6.07, 6.45) is 6.77. The summed E-state index contributed by atoms with van der Waals surface area (Å²) in [6, 6.07) is 6.93. The standard InChI is InChI=1S/C23H32N2O5/c1-6-8-9-18(7-2)17-29-20-12-10-19(11-13-20)24-21(27)16-25(14-15-26)22(28)30-23(3,4)5/h6-13,26H,1,14-17H2,2-5H3,(H,24,27)/b9-8-,18-7+. The van der Waals surface area contributed by atoms with Crippen LogP contribution in [0.2, 0.25) is 0 Å². The number of ether oxygens (including phenoxy) is 2. The third kappa shape index (κ3) is 9.93. The summed E-state index contributed by atoms with van der Waals surface area (Å²) in [4.78, 5) is 25.7. The molecule has 1 rings (SSSR count). The van der Waals surface area contributed by atoms with E-state index in [0.717, 1.165) is 10.5 Å². The second-order valence-corrected chi connectivity index (χ2v) is 7.45. The third-order valence-electron chi connectivity index (χ3n) is 3.72. The molecule has 0 aliphatic carbocycles. The molecule has 0 saturated heterocycles. The van der Waals surface area contributed by atoms with Crippen LogP contribution in [-0.4, -0.2) is 53.9 Å². The molecule has 0 aromatic heterocycles. The van der Waals surface area contributed by atoms with Crippen molar-refractivity contribution >= 4 is 17.7 Å². The average Bonchev–Trinajstić information content (AvgIpc) is 2.67. The zero-order valence-corrected chi connectivity index (χ0v) is 18.2. The van der Waals surface area contributed by atoms with Gasteiger partial charge in [0.05, 0.1) is 6.61 Å². The highest BCUT2D eigenvalue weighted by atomic mass is 16.6. The van der Waals surface area contributed by atoms with E-state index in [9.17, 15) is 9.59 Å². The summed E-state index contributed by atoms with van der Waals surface area (Å²) >= 11 is 0. The van der Waals surface area contributed by atoms with Gasteiger partial charge in [-0.1, -0.05) is 30.9 Å². The van der Waals surface area contributed by atoms with E-state index < -0.39 is 17.6 Å². The van der Waals surface area contributed by atoms with Crippen molar-refractivity contribution in [2.45, 2.75) is 33.3 Å². The van der Waals surface area contributed by atoms with Crippen molar-refractivity contribution in [2.75, 3.05) is 31.6 Å². The summed E-state index contributed by atoms with van der Waals surface area (Å²) in [5, 5.41) is 11.9. The van der Waals surface area contributed by atoms with Crippen molar-refractivity contribution in [1.29, 1.82) is 0 Å². The highest BCUT2D eigenvalue weighted by Crippen LogP contribution is 2.17. The van der Waals surface area contributed by atoms with Crippen LogP contribution in [0.25, 0.3) is 0 Å². The van der Waals surface area contributed by atoms with E-state index in [1.807, 2.05) is 25.2 Å². The normalized spacial score (nSPS) is 11.8. The summed E-state index contributed by atoms with van der Waals surface area (Å²) in [5.41, 5.74) is 0.891. The fourth-order valence-electron chi connectivity index (χ4n) is 2.28. The number of hydrogen-bond acceptors (Lipinski definition) is 5. The first-order valence-corrected chi connectivity index (χ1v) is 9.74. The minimum absolute atomic E-state index is 0.00267. The van der Waals surface area contributed by atoms with Crippen molar-refractivity contribution in [2.24, 2.45) is 0 Å². The first-order valence-electron chi connectivity index (χ1n) is 9.74. The molecule has 0 heterocycles. The Bertz CT molecular complexity index is 761. The Morgan fingerprint density at radius 1 is 1.23 bits per heavy atom. The molecule has 1 aromatic rings. The van der Waals surface area contributed by atoms with E-state index in [4.69, 9.17) is 14.6 Å². The number of rotatable bonds is 10. The molecule has 2 amide bonds. The minimum atomic E-state index is -0.689. The predicted molar refractivity (Wildman–Crippen MR) is 119 cm³/mol.